The molecule has 1 rings (SSSR count). The number of oxime groups is 1. The van der Waals surface area contributed by atoms with Crippen LogP contribution < -0.4 is 5.73 Å². The van der Waals surface area contributed by atoms with Gasteiger partial charge in [0.15, 0.2) is 0 Å². The third-order valence-corrected chi connectivity index (χ3v) is 1.38. The highest BCUT2D eigenvalue weighted by Crippen LogP contribution is 2.07. The highest BCUT2D eigenvalue weighted by molar-refractivity contribution is 6.01. The van der Waals surface area contributed by atoms with Gasteiger partial charge in [-0.15, -0.1) is 0 Å². The standard InChI is InChI=1S/C7H9N3O/c1-5(10-11)6-3-2-4-9-7(6)8/h2-4,11H,1H3,(H2,8,9)/b10-5+. The Labute approximate surface area is 64.4 Å². The van der Waals surface area contributed by atoms with Crippen LogP contribution >= 0.6 is 0 Å². The second kappa shape index (κ2) is 3.01. The van der Waals surface area contributed by atoms with Crippen LogP contribution in [0.5, 0.6) is 0 Å². The lowest BCUT2D eigenvalue weighted by Gasteiger charge is -1.99. The summed E-state index contributed by atoms with van der Waals surface area (Å²) in [7, 11) is 0. The number of nitrogen functional groups attached to an aromatic ring is 1. The van der Waals surface area contributed by atoms with Gasteiger partial charge in [-0.1, -0.05) is 5.16 Å². The zero-order chi connectivity index (χ0) is 8.27. The largest absolute Gasteiger partial charge is 0.411 e. The molecule has 0 fully saturated rings. The summed E-state index contributed by atoms with van der Waals surface area (Å²) in [4.78, 5) is 3.83. The number of rotatable bonds is 1. The first kappa shape index (κ1) is 7.53. The fourth-order valence-electron chi connectivity index (χ4n) is 0.777. The summed E-state index contributed by atoms with van der Waals surface area (Å²) in [6.45, 7) is 1.66. The SMILES string of the molecule is C/C(=N\O)c1cccnc1N. The molecule has 4 heteroatoms. The second-order valence-corrected chi connectivity index (χ2v) is 2.12. The van der Waals surface area contributed by atoms with Crippen LogP contribution in [-0.4, -0.2) is 15.9 Å². The van der Waals surface area contributed by atoms with E-state index >= 15 is 0 Å². The van der Waals surface area contributed by atoms with E-state index in [-0.39, 0.29) is 0 Å². The topological polar surface area (TPSA) is 71.5 Å². The first-order valence-corrected chi connectivity index (χ1v) is 3.15. The van der Waals surface area contributed by atoms with E-state index in [4.69, 9.17) is 10.9 Å². The summed E-state index contributed by atoms with van der Waals surface area (Å²) in [5, 5.41) is 11.4. The van der Waals surface area contributed by atoms with Crippen LogP contribution in [-0.2, 0) is 0 Å². The minimum absolute atomic E-state index is 0.378. The van der Waals surface area contributed by atoms with Crippen LogP contribution in [0.25, 0.3) is 0 Å². The molecule has 0 aliphatic heterocycles. The van der Waals surface area contributed by atoms with Crippen molar-refractivity contribution in [3.05, 3.63) is 23.9 Å². The quantitative estimate of drug-likeness (QED) is 0.355. The van der Waals surface area contributed by atoms with Gasteiger partial charge in [0.05, 0.1) is 5.71 Å². The number of nitrogens with two attached hydrogens (primary N) is 1. The number of hydrogen-bond donors (Lipinski definition) is 2. The molecule has 0 aromatic carbocycles. The van der Waals surface area contributed by atoms with E-state index in [0.29, 0.717) is 17.1 Å². The van der Waals surface area contributed by atoms with Gasteiger partial charge < -0.3 is 10.9 Å². The summed E-state index contributed by atoms with van der Waals surface area (Å²) in [6, 6.07) is 3.48. The van der Waals surface area contributed by atoms with Crippen LogP contribution in [0.4, 0.5) is 5.82 Å². The number of nitrogens with zero attached hydrogens (tertiary/aromatic N) is 2. The molecule has 0 bridgehead atoms. The monoisotopic (exact) mass is 151 g/mol. The average Bonchev–Trinajstić information content (AvgIpc) is 2.04. The zero-order valence-electron chi connectivity index (χ0n) is 6.15. The van der Waals surface area contributed by atoms with Crippen LogP contribution in [0.15, 0.2) is 23.5 Å². The summed E-state index contributed by atoms with van der Waals surface area (Å²) < 4.78 is 0. The molecule has 0 saturated carbocycles. The van der Waals surface area contributed by atoms with Gasteiger partial charge in [-0.3, -0.25) is 0 Å². The molecule has 0 radical (unpaired) electrons. The van der Waals surface area contributed by atoms with Crippen molar-refractivity contribution in [2.75, 3.05) is 5.73 Å². The van der Waals surface area contributed by atoms with Crippen LogP contribution in [0.2, 0.25) is 0 Å². The lowest BCUT2D eigenvalue weighted by atomic mass is 10.2. The van der Waals surface area contributed by atoms with Crippen molar-refractivity contribution in [3.8, 4) is 0 Å². The van der Waals surface area contributed by atoms with Gasteiger partial charge in [0.25, 0.3) is 0 Å². The molecule has 11 heavy (non-hydrogen) atoms. The van der Waals surface area contributed by atoms with Crippen molar-refractivity contribution in [2.24, 2.45) is 5.16 Å². The summed E-state index contributed by atoms with van der Waals surface area (Å²) >= 11 is 0. The third kappa shape index (κ3) is 1.46. The Morgan fingerprint density at radius 1 is 1.73 bits per heavy atom. The highest BCUT2D eigenvalue weighted by atomic mass is 16.4. The molecular formula is C7H9N3O. The molecule has 1 aromatic heterocycles. The Morgan fingerprint density at radius 2 is 2.45 bits per heavy atom. The summed E-state index contributed by atoms with van der Waals surface area (Å²) in [5.41, 5.74) is 6.62. The van der Waals surface area contributed by atoms with E-state index < -0.39 is 0 Å². The minimum atomic E-state index is 0.378. The first-order valence-electron chi connectivity index (χ1n) is 3.15. The Balaban J connectivity index is 3.14. The first-order chi connectivity index (χ1) is 5.25. The molecular weight excluding hydrogens is 142 g/mol. The van der Waals surface area contributed by atoms with Crippen molar-refractivity contribution in [2.45, 2.75) is 6.92 Å². The molecule has 0 aliphatic rings. The van der Waals surface area contributed by atoms with Crippen molar-refractivity contribution < 1.29 is 5.21 Å². The van der Waals surface area contributed by atoms with Crippen molar-refractivity contribution in [1.82, 2.24) is 4.98 Å². The molecule has 0 unspecified atom stereocenters. The summed E-state index contributed by atoms with van der Waals surface area (Å²) in [5.74, 6) is 0.378. The average molecular weight is 151 g/mol. The zero-order valence-corrected chi connectivity index (χ0v) is 6.15. The fourth-order valence-corrected chi connectivity index (χ4v) is 0.777. The molecule has 0 spiro atoms. The van der Waals surface area contributed by atoms with E-state index in [1.807, 2.05) is 0 Å². The molecule has 1 heterocycles. The van der Waals surface area contributed by atoms with E-state index in [2.05, 4.69) is 10.1 Å². The lowest BCUT2D eigenvalue weighted by molar-refractivity contribution is 0.319. The molecule has 4 nitrogen and oxygen atoms in total. The predicted octanol–water partition coefficient (Wildman–Crippen LogP) is 0.862. The normalized spacial score (nSPS) is 11.5. The molecule has 0 atom stereocenters. The van der Waals surface area contributed by atoms with Gasteiger partial charge >= 0.3 is 0 Å². The van der Waals surface area contributed by atoms with Gasteiger partial charge in [-0.2, -0.15) is 0 Å². The van der Waals surface area contributed by atoms with E-state index in [1.165, 1.54) is 0 Å². The van der Waals surface area contributed by atoms with Gasteiger partial charge in [0, 0.05) is 11.8 Å². The Kier molecular flexibility index (Phi) is 2.06. The third-order valence-electron chi connectivity index (χ3n) is 1.38. The molecule has 0 aliphatic carbocycles. The molecule has 1 aromatic rings. The molecule has 0 saturated heterocycles. The number of aromatic nitrogens is 1. The number of pyridine rings is 1. The maximum absolute atomic E-state index is 8.42. The molecule has 0 amide bonds. The van der Waals surface area contributed by atoms with E-state index in [9.17, 15) is 0 Å². The maximum Gasteiger partial charge on any atom is 0.132 e. The number of hydrogen-bond acceptors (Lipinski definition) is 4. The maximum atomic E-state index is 8.42. The van der Waals surface area contributed by atoms with Gasteiger partial charge in [-0.05, 0) is 19.1 Å². The summed E-state index contributed by atoms with van der Waals surface area (Å²) in [6.07, 6.45) is 1.59. The van der Waals surface area contributed by atoms with Crippen LogP contribution in [0.1, 0.15) is 12.5 Å². The van der Waals surface area contributed by atoms with E-state index in [1.54, 1.807) is 25.3 Å². The Morgan fingerprint density at radius 3 is 3.00 bits per heavy atom. The molecule has 3 N–H and O–H groups in total. The lowest BCUT2D eigenvalue weighted by Crippen LogP contribution is -2.02. The fraction of sp³-hybridized carbons (Fsp3) is 0.143. The number of anilines is 1. The highest BCUT2D eigenvalue weighted by Gasteiger charge is 2.01. The smallest absolute Gasteiger partial charge is 0.132 e. The van der Waals surface area contributed by atoms with Crippen molar-refractivity contribution >= 4 is 11.5 Å². The van der Waals surface area contributed by atoms with Crippen molar-refractivity contribution in [1.29, 1.82) is 0 Å². The van der Waals surface area contributed by atoms with Gasteiger partial charge in [-0.25, -0.2) is 4.98 Å². The van der Waals surface area contributed by atoms with Crippen LogP contribution in [0.3, 0.4) is 0 Å². The van der Waals surface area contributed by atoms with Crippen molar-refractivity contribution in [3.63, 3.8) is 0 Å². The second-order valence-electron chi connectivity index (χ2n) is 2.12. The minimum Gasteiger partial charge on any atom is -0.411 e. The van der Waals surface area contributed by atoms with E-state index in [0.717, 1.165) is 0 Å². The molecule has 58 valence electrons. The Hall–Kier alpha value is -1.58. The van der Waals surface area contributed by atoms with Crippen LogP contribution in [0, 0.1) is 0 Å². The Bertz CT molecular complexity index is 283. The predicted molar refractivity (Wildman–Crippen MR) is 42.6 cm³/mol. The van der Waals surface area contributed by atoms with Gasteiger partial charge in [0.2, 0.25) is 0 Å². The van der Waals surface area contributed by atoms with Gasteiger partial charge in [0.1, 0.15) is 5.82 Å².